The van der Waals surface area contributed by atoms with Gasteiger partial charge in [-0.25, -0.2) is 4.39 Å². The van der Waals surface area contributed by atoms with E-state index in [9.17, 15) is 14.0 Å². The van der Waals surface area contributed by atoms with Crippen molar-refractivity contribution in [3.8, 4) is 0 Å². The Morgan fingerprint density at radius 1 is 1.30 bits per heavy atom. The lowest BCUT2D eigenvalue weighted by molar-refractivity contribution is -0.120. The van der Waals surface area contributed by atoms with Crippen LogP contribution < -0.4 is 5.32 Å². The minimum Gasteiger partial charge on any atom is -0.342 e. The minimum absolute atomic E-state index is 0.342. The Hall–Kier alpha value is -2.24. The van der Waals surface area contributed by atoms with Crippen LogP contribution in [0.25, 0.3) is 0 Å². The SMILES string of the molecule is Cc1cc(F)ccc1C(=O)[C@@H]1O[C@@]12C(=O)Nc1ccc(Cl)cc12. The summed E-state index contributed by atoms with van der Waals surface area (Å²) in [5.74, 6) is -1.14. The van der Waals surface area contributed by atoms with Crippen LogP contribution in [0.5, 0.6) is 0 Å². The van der Waals surface area contributed by atoms with Gasteiger partial charge in [-0.15, -0.1) is 0 Å². The summed E-state index contributed by atoms with van der Waals surface area (Å²) < 4.78 is 18.8. The Bertz CT molecular complexity index is 882. The van der Waals surface area contributed by atoms with Crippen molar-refractivity contribution in [3.05, 3.63) is 63.9 Å². The van der Waals surface area contributed by atoms with Gasteiger partial charge >= 0.3 is 0 Å². The fourth-order valence-electron chi connectivity index (χ4n) is 3.08. The van der Waals surface area contributed by atoms with E-state index in [0.29, 0.717) is 27.4 Å². The van der Waals surface area contributed by atoms with Gasteiger partial charge in [0.2, 0.25) is 5.60 Å². The summed E-state index contributed by atoms with van der Waals surface area (Å²) in [6.45, 7) is 1.64. The van der Waals surface area contributed by atoms with Crippen molar-refractivity contribution in [1.29, 1.82) is 0 Å². The van der Waals surface area contributed by atoms with Gasteiger partial charge in [0.05, 0.1) is 0 Å². The lowest BCUT2D eigenvalue weighted by Crippen LogP contribution is -2.27. The zero-order chi connectivity index (χ0) is 16.4. The second-order valence-corrected chi connectivity index (χ2v) is 6.14. The molecule has 2 atom stereocenters. The third-order valence-corrected chi connectivity index (χ3v) is 4.51. The number of benzene rings is 2. The lowest BCUT2D eigenvalue weighted by atomic mass is 9.91. The van der Waals surface area contributed by atoms with E-state index in [4.69, 9.17) is 16.3 Å². The number of rotatable bonds is 2. The summed E-state index contributed by atoms with van der Waals surface area (Å²) in [6, 6.07) is 8.87. The number of hydrogen-bond acceptors (Lipinski definition) is 3. The lowest BCUT2D eigenvalue weighted by Gasteiger charge is -2.05. The molecular formula is C17H11ClFNO3. The first kappa shape index (κ1) is 14.4. The van der Waals surface area contributed by atoms with Crippen LogP contribution in [0.4, 0.5) is 10.1 Å². The number of aryl methyl sites for hydroxylation is 1. The van der Waals surface area contributed by atoms with Crippen LogP contribution in [-0.4, -0.2) is 17.8 Å². The zero-order valence-electron chi connectivity index (χ0n) is 12.0. The molecule has 1 amide bonds. The smallest absolute Gasteiger partial charge is 0.264 e. The number of anilines is 1. The number of carbonyl (C=O) groups is 2. The van der Waals surface area contributed by atoms with Crippen molar-refractivity contribution < 1.29 is 18.7 Å². The summed E-state index contributed by atoms with van der Waals surface area (Å²) >= 11 is 5.99. The molecule has 1 fully saturated rings. The standard InChI is InChI=1S/C17H11ClFNO3/c1-8-6-10(19)3-4-11(8)14(21)15-17(23-15)12-7-9(18)2-5-13(12)20-16(17)22/h2-7,15H,1H3,(H,20,22)/t15-,17+/m0/s1. The van der Waals surface area contributed by atoms with Crippen LogP contribution in [0.15, 0.2) is 36.4 Å². The molecule has 0 bridgehead atoms. The molecule has 4 nitrogen and oxygen atoms in total. The summed E-state index contributed by atoms with van der Waals surface area (Å²) in [5.41, 5.74) is 0.679. The molecule has 1 saturated heterocycles. The maximum absolute atomic E-state index is 13.2. The van der Waals surface area contributed by atoms with E-state index in [-0.39, 0.29) is 11.7 Å². The predicted octanol–water partition coefficient (Wildman–Crippen LogP) is 3.22. The Morgan fingerprint density at radius 2 is 2.09 bits per heavy atom. The number of carbonyl (C=O) groups excluding carboxylic acids is 2. The molecule has 1 spiro atoms. The van der Waals surface area contributed by atoms with Crippen molar-refractivity contribution in [3.63, 3.8) is 0 Å². The molecular weight excluding hydrogens is 321 g/mol. The Morgan fingerprint density at radius 3 is 2.83 bits per heavy atom. The van der Waals surface area contributed by atoms with Gasteiger partial charge in [0.1, 0.15) is 5.82 Å². The monoisotopic (exact) mass is 331 g/mol. The highest BCUT2D eigenvalue weighted by atomic mass is 35.5. The molecule has 1 N–H and O–H groups in total. The van der Waals surface area contributed by atoms with Crippen molar-refractivity contribution >= 4 is 29.0 Å². The first-order chi connectivity index (χ1) is 10.9. The van der Waals surface area contributed by atoms with Gasteiger partial charge in [-0.2, -0.15) is 0 Å². The highest BCUT2D eigenvalue weighted by Gasteiger charge is 2.70. The van der Waals surface area contributed by atoms with Gasteiger partial charge in [-0.1, -0.05) is 11.6 Å². The molecule has 0 aliphatic carbocycles. The van der Waals surface area contributed by atoms with Crippen molar-refractivity contribution in [2.75, 3.05) is 5.32 Å². The fraction of sp³-hybridized carbons (Fsp3) is 0.176. The number of fused-ring (bicyclic) bond motifs is 2. The summed E-state index contributed by atoms with van der Waals surface area (Å²) in [6.07, 6.45) is -0.925. The van der Waals surface area contributed by atoms with Crippen LogP contribution in [0, 0.1) is 12.7 Å². The largest absolute Gasteiger partial charge is 0.342 e. The molecule has 0 radical (unpaired) electrons. The van der Waals surface area contributed by atoms with Gasteiger partial charge in [-0.05, 0) is 48.9 Å². The van der Waals surface area contributed by atoms with E-state index in [1.54, 1.807) is 25.1 Å². The van der Waals surface area contributed by atoms with Crippen LogP contribution >= 0.6 is 11.6 Å². The molecule has 2 aliphatic heterocycles. The summed E-state index contributed by atoms with van der Waals surface area (Å²) in [5, 5.41) is 3.16. The van der Waals surface area contributed by atoms with Crippen LogP contribution in [0.2, 0.25) is 5.02 Å². The number of amides is 1. The highest BCUT2D eigenvalue weighted by Crippen LogP contribution is 2.55. The molecule has 0 aromatic heterocycles. The van der Waals surface area contributed by atoms with E-state index in [1.165, 1.54) is 18.2 Å². The van der Waals surface area contributed by atoms with Crippen LogP contribution in [-0.2, 0) is 15.1 Å². The molecule has 6 heteroatoms. The van der Waals surface area contributed by atoms with E-state index >= 15 is 0 Å². The maximum atomic E-state index is 13.2. The number of Topliss-reactive ketones (excluding diaryl/α,β-unsaturated/α-hetero) is 1. The normalized spacial score (nSPS) is 24.5. The first-order valence-electron chi connectivity index (χ1n) is 7.03. The average molecular weight is 332 g/mol. The quantitative estimate of drug-likeness (QED) is 0.679. The van der Waals surface area contributed by atoms with E-state index in [2.05, 4.69) is 5.32 Å². The highest BCUT2D eigenvalue weighted by molar-refractivity contribution is 6.31. The number of ketones is 1. The molecule has 116 valence electrons. The summed E-state index contributed by atoms with van der Waals surface area (Å²) in [4.78, 5) is 25.0. The second-order valence-electron chi connectivity index (χ2n) is 5.70. The van der Waals surface area contributed by atoms with E-state index in [0.717, 1.165) is 0 Å². The van der Waals surface area contributed by atoms with Crippen LogP contribution in [0.3, 0.4) is 0 Å². The second kappa shape index (κ2) is 4.63. The van der Waals surface area contributed by atoms with Gasteiger partial charge in [0.15, 0.2) is 11.9 Å². The van der Waals surface area contributed by atoms with Crippen LogP contribution in [0.1, 0.15) is 21.5 Å². The molecule has 0 unspecified atom stereocenters. The minimum atomic E-state index is -1.32. The first-order valence-corrected chi connectivity index (χ1v) is 7.41. The third-order valence-electron chi connectivity index (χ3n) is 4.28. The topological polar surface area (TPSA) is 58.7 Å². The maximum Gasteiger partial charge on any atom is 0.264 e. The number of hydrogen-bond donors (Lipinski definition) is 1. The average Bonchev–Trinajstić information content (AvgIpc) is 3.19. The fourth-order valence-corrected chi connectivity index (χ4v) is 3.25. The third kappa shape index (κ3) is 1.93. The van der Waals surface area contributed by atoms with E-state index < -0.39 is 17.5 Å². The van der Waals surface area contributed by atoms with E-state index in [1.807, 2.05) is 0 Å². The Kier molecular flexibility index (Phi) is 2.89. The molecule has 0 saturated carbocycles. The van der Waals surface area contributed by atoms with Gasteiger partial charge < -0.3 is 10.1 Å². The molecule has 4 rings (SSSR count). The van der Waals surface area contributed by atoms with Gasteiger partial charge in [0, 0.05) is 21.8 Å². The van der Waals surface area contributed by atoms with Crippen molar-refractivity contribution in [2.24, 2.45) is 0 Å². The predicted molar refractivity (Wildman–Crippen MR) is 82.1 cm³/mol. The molecule has 2 aromatic carbocycles. The Labute approximate surface area is 136 Å². The van der Waals surface area contributed by atoms with Gasteiger partial charge in [-0.3, -0.25) is 9.59 Å². The van der Waals surface area contributed by atoms with Crippen molar-refractivity contribution in [1.82, 2.24) is 0 Å². The molecule has 2 aliphatic rings. The van der Waals surface area contributed by atoms with Gasteiger partial charge in [0.25, 0.3) is 5.91 Å². The van der Waals surface area contributed by atoms with Crippen molar-refractivity contribution in [2.45, 2.75) is 18.6 Å². The number of epoxide rings is 1. The number of halogens is 2. The molecule has 23 heavy (non-hydrogen) atoms. The zero-order valence-corrected chi connectivity index (χ0v) is 12.8. The number of ether oxygens (including phenoxy) is 1. The molecule has 2 aromatic rings. The molecule has 2 heterocycles. The Balaban J connectivity index is 1.74. The number of nitrogens with one attached hydrogen (secondary N) is 1. The summed E-state index contributed by atoms with van der Waals surface area (Å²) in [7, 11) is 0.